The summed E-state index contributed by atoms with van der Waals surface area (Å²) in [6, 6.07) is 10.5. The van der Waals surface area contributed by atoms with Crippen molar-refractivity contribution in [2.75, 3.05) is 0 Å². The maximum atomic E-state index is 5.73. The van der Waals surface area contributed by atoms with Crippen LogP contribution in [0.3, 0.4) is 0 Å². The molecule has 0 bridgehead atoms. The zero-order valence-electron chi connectivity index (χ0n) is 10.9. The smallest absolute Gasteiger partial charge is 0.250 e. The van der Waals surface area contributed by atoms with Gasteiger partial charge in [-0.1, -0.05) is 18.2 Å². The number of nitrogens with one attached hydrogen (secondary N) is 1. The Labute approximate surface area is 116 Å². The van der Waals surface area contributed by atoms with Gasteiger partial charge in [-0.2, -0.15) is 0 Å². The minimum atomic E-state index is 0.530. The summed E-state index contributed by atoms with van der Waals surface area (Å²) in [6.07, 6.45) is 4.26. The molecule has 0 unspecified atom stereocenters. The van der Waals surface area contributed by atoms with Crippen molar-refractivity contribution in [3.8, 4) is 11.5 Å². The lowest BCUT2D eigenvalue weighted by Gasteiger charge is -2.01. The van der Waals surface area contributed by atoms with E-state index in [0.717, 1.165) is 16.5 Å². The summed E-state index contributed by atoms with van der Waals surface area (Å²) in [4.78, 5) is 4.41. The van der Waals surface area contributed by atoms with E-state index in [1.54, 1.807) is 6.20 Å². The molecule has 3 aromatic rings. The fourth-order valence-electron chi connectivity index (χ4n) is 2.23. The van der Waals surface area contributed by atoms with Crippen molar-refractivity contribution in [1.82, 2.24) is 20.5 Å². The minimum absolute atomic E-state index is 0.530. The molecule has 20 heavy (non-hydrogen) atoms. The van der Waals surface area contributed by atoms with E-state index < -0.39 is 0 Å². The molecule has 5 heteroatoms. The number of hydrogen-bond acceptors (Lipinski definition) is 5. The van der Waals surface area contributed by atoms with Crippen molar-refractivity contribution in [3.05, 3.63) is 42.4 Å². The Balaban J connectivity index is 1.67. The van der Waals surface area contributed by atoms with Crippen LogP contribution in [0.5, 0.6) is 0 Å². The predicted octanol–water partition coefficient (Wildman–Crippen LogP) is 2.54. The minimum Gasteiger partial charge on any atom is -0.419 e. The second-order valence-corrected chi connectivity index (χ2v) is 5.04. The number of hydrogen-bond donors (Lipinski definition) is 1. The van der Waals surface area contributed by atoms with Crippen LogP contribution < -0.4 is 5.32 Å². The molecule has 1 aliphatic rings. The quantitative estimate of drug-likeness (QED) is 0.786. The van der Waals surface area contributed by atoms with E-state index in [1.165, 1.54) is 12.8 Å². The van der Waals surface area contributed by atoms with Gasteiger partial charge in [-0.15, -0.1) is 10.2 Å². The summed E-state index contributed by atoms with van der Waals surface area (Å²) in [6.45, 7) is 0.635. The molecule has 0 saturated heterocycles. The highest BCUT2D eigenvalue weighted by atomic mass is 16.4. The average Bonchev–Trinajstić information content (AvgIpc) is 3.21. The summed E-state index contributed by atoms with van der Waals surface area (Å²) in [7, 11) is 0. The summed E-state index contributed by atoms with van der Waals surface area (Å²) >= 11 is 0. The van der Waals surface area contributed by atoms with Gasteiger partial charge >= 0.3 is 0 Å². The molecule has 0 atom stereocenters. The summed E-state index contributed by atoms with van der Waals surface area (Å²) in [5, 5.41) is 12.7. The van der Waals surface area contributed by atoms with Gasteiger partial charge in [0.2, 0.25) is 11.8 Å². The molecule has 2 aromatic heterocycles. The van der Waals surface area contributed by atoms with Crippen LogP contribution in [0.1, 0.15) is 18.7 Å². The monoisotopic (exact) mass is 266 g/mol. The number of rotatable bonds is 4. The second-order valence-electron chi connectivity index (χ2n) is 5.04. The molecule has 1 N–H and O–H groups in total. The number of fused-ring (bicyclic) bond motifs is 1. The molecule has 1 fully saturated rings. The van der Waals surface area contributed by atoms with Crippen LogP contribution in [-0.2, 0) is 6.54 Å². The van der Waals surface area contributed by atoms with Crippen molar-refractivity contribution >= 4 is 10.9 Å². The van der Waals surface area contributed by atoms with Crippen molar-refractivity contribution in [1.29, 1.82) is 0 Å². The van der Waals surface area contributed by atoms with Crippen molar-refractivity contribution in [3.63, 3.8) is 0 Å². The van der Waals surface area contributed by atoms with Gasteiger partial charge in [0.1, 0.15) is 0 Å². The number of para-hydroxylation sites is 1. The molecule has 1 saturated carbocycles. The molecule has 0 spiro atoms. The molecule has 4 rings (SSSR count). The topological polar surface area (TPSA) is 63.8 Å². The molecule has 5 nitrogen and oxygen atoms in total. The summed E-state index contributed by atoms with van der Waals surface area (Å²) < 4.78 is 5.73. The molecular weight excluding hydrogens is 252 g/mol. The molecule has 0 amide bonds. The standard InChI is InChI=1S/C15H14N4O/c1-3-10-4-2-8-16-14(10)12(5-1)15-19-18-13(20-15)9-17-11-6-7-11/h1-5,8,11,17H,6-7,9H2. The van der Waals surface area contributed by atoms with Gasteiger partial charge in [0.15, 0.2) is 0 Å². The SMILES string of the molecule is c1cnc2c(-c3nnc(CNC4CC4)o3)cccc2c1. The molecule has 2 heterocycles. The fraction of sp³-hybridized carbons (Fsp3) is 0.267. The van der Waals surface area contributed by atoms with E-state index >= 15 is 0 Å². The third-order valence-electron chi connectivity index (χ3n) is 3.45. The predicted molar refractivity (Wildman–Crippen MR) is 74.9 cm³/mol. The number of aromatic nitrogens is 3. The number of benzene rings is 1. The highest BCUT2D eigenvalue weighted by molar-refractivity contribution is 5.91. The van der Waals surface area contributed by atoms with Crippen molar-refractivity contribution in [2.45, 2.75) is 25.4 Å². The third-order valence-corrected chi connectivity index (χ3v) is 3.45. The molecule has 0 aliphatic heterocycles. The highest BCUT2D eigenvalue weighted by Gasteiger charge is 2.21. The first-order chi connectivity index (χ1) is 9.90. The van der Waals surface area contributed by atoms with Crippen LogP contribution in [0.25, 0.3) is 22.4 Å². The average molecular weight is 266 g/mol. The van der Waals surface area contributed by atoms with Gasteiger partial charge in [0.05, 0.1) is 17.6 Å². The van der Waals surface area contributed by atoms with Gasteiger partial charge in [-0.25, -0.2) is 0 Å². The zero-order valence-corrected chi connectivity index (χ0v) is 10.9. The normalized spacial score (nSPS) is 14.8. The Morgan fingerprint density at radius 3 is 2.95 bits per heavy atom. The molecule has 1 aliphatic carbocycles. The number of nitrogens with zero attached hydrogens (tertiary/aromatic N) is 3. The summed E-state index contributed by atoms with van der Waals surface area (Å²) in [5.41, 5.74) is 1.77. The summed E-state index contributed by atoms with van der Waals surface area (Å²) in [5.74, 6) is 1.15. The van der Waals surface area contributed by atoms with E-state index in [-0.39, 0.29) is 0 Å². The lowest BCUT2D eigenvalue weighted by molar-refractivity contribution is 0.476. The van der Waals surface area contributed by atoms with Gasteiger partial charge in [-0.3, -0.25) is 4.98 Å². The first-order valence-corrected chi connectivity index (χ1v) is 6.80. The van der Waals surface area contributed by atoms with Gasteiger partial charge in [0.25, 0.3) is 0 Å². The first-order valence-electron chi connectivity index (χ1n) is 6.80. The maximum absolute atomic E-state index is 5.73. The number of pyridine rings is 1. The van der Waals surface area contributed by atoms with E-state index in [4.69, 9.17) is 4.42 Å². The van der Waals surface area contributed by atoms with Gasteiger partial charge in [-0.05, 0) is 25.0 Å². The second kappa shape index (κ2) is 4.68. The van der Waals surface area contributed by atoms with E-state index in [0.29, 0.717) is 24.4 Å². The van der Waals surface area contributed by atoms with E-state index in [9.17, 15) is 0 Å². The molecule has 0 radical (unpaired) electrons. The third kappa shape index (κ3) is 2.16. The Bertz CT molecular complexity index is 743. The maximum Gasteiger partial charge on any atom is 0.250 e. The van der Waals surface area contributed by atoms with Crippen LogP contribution in [0, 0.1) is 0 Å². The van der Waals surface area contributed by atoms with Crippen LogP contribution >= 0.6 is 0 Å². The van der Waals surface area contributed by atoms with E-state index in [1.807, 2.05) is 30.3 Å². The lowest BCUT2D eigenvalue weighted by Crippen LogP contribution is -2.15. The first kappa shape index (κ1) is 11.5. The van der Waals surface area contributed by atoms with Crippen molar-refractivity contribution < 1.29 is 4.42 Å². The highest BCUT2D eigenvalue weighted by Crippen LogP contribution is 2.26. The van der Waals surface area contributed by atoms with Crippen LogP contribution in [0.4, 0.5) is 0 Å². The fourth-order valence-corrected chi connectivity index (χ4v) is 2.23. The Morgan fingerprint density at radius 2 is 2.05 bits per heavy atom. The van der Waals surface area contributed by atoms with Crippen LogP contribution in [0.2, 0.25) is 0 Å². The van der Waals surface area contributed by atoms with Gasteiger partial charge < -0.3 is 9.73 Å². The van der Waals surface area contributed by atoms with Crippen molar-refractivity contribution in [2.24, 2.45) is 0 Å². The largest absolute Gasteiger partial charge is 0.419 e. The van der Waals surface area contributed by atoms with E-state index in [2.05, 4.69) is 20.5 Å². The van der Waals surface area contributed by atoms with Crippen LogP contribution in [-0.4, -0.2) is 21.2 Å². The lowest BCUT2D eigenvalue weighted by atomic mass is 10.1. The Morgan fingerprint density at radius 1 is 1.15 bits per heavy atom. The zero-order chi connectivity index (χ0) is 13.4. The van der Waals surface area contributed by atoms with Crippen LogP contribution in [0.15, 0.2) is 40.9 Å². The molecule has 100 valence electrons. The Hall–Kier alpha value is -2.27. The molecular formula is C15H14N4O. The molecule has 1 aromatic carbocycles. The van der Waals surface area contributed by atoms with Gasteiger partial charge in [0, 0.05) is 17.6 Å². The Kier molecular flexibility index (Phi) is 2.70.